The lowest BCUT2D eigenvalue weighted by atomic mass is 9.45. The number of hydrogen-bond donors (Lipinski definition) is 8. The second-order valence-corrected chi connectivity index (χ2v) is 18.6. The monoisotopic (exact) mass is 861 g/mol. The SMILES string of the molecule is C=C(/C=C/C=C(/COCCO)[C@@H]1CC[C@]2([C@@H]1O)[C@@H]1C(=C(C)C=O)[C@@H](C=C[C@H]1CCO)C[C@]2(O)CCNC)[C@H]1C/C=C(\C)[C@@H](O)N[C@@](CCCO)(CCOC)Cc2cccc(c2)C1. The van der Waals surface area contributed by atoms with Crippen molar-refractivity contribution in [2.45, 2.75) is 108 Å². The molecule has 11 nitrogen and oxygen atoms in total. The second-order valence-electron chi connectivity index (χ2n) is 18.6. The Morgan fingerprint density at radius 1 is 1.06 bits per heavy atom. The Kier molecular flexibility index (Phi) is 18.7. The van der Waals surface area contributed by atoms with E-state index in [0.29, 0.717) is 82.9 Å². The Bertz CT molecular complexity index is 1790. The first-order chi connectivity index (χ1) is 29.9. The van der Waals surface area contributed by atoms with Crippen LogP contribution in [0.5, 0.6) is 0 Å². The number of ether oxygens (including phenoxy) is 2. The van der Waals surface area contributed by atoms with Gasteiger partial charge in [-0.25, -0.2) is 0 Å². The van der Waals surface area contributed by atoms with Crippen LogP contribution in [0.2, 0.25) is 0 Å². The molecule has 1 spiro atoms. The Labute approximate surface area is 370 Å². The van der Waals surface area contributed by atoms with Gasteiger partial charge in [0.2, 0.25) is 0 Å². The van der Waals surface area contributed by atoms with Crippen molar-refractivity contribution in [3.05, 3.63) is 106 Å². The molecule has 0 aromatic heterocycles. The highest BCUT2D eigenvalue weighted by Gasteiger charge is 2.68. The predicted molar refractivity (Wildman–Crippen MR) is 244 cm³/mol. The van der Waals surface area contributed by atoms with Crippen molar-refractivity contribution < 1.29 is 44.9 Å². The van der Waals surface area contributed by atoms with Crippen LogP contribution in [0.1, 0.15) is 82.8 Å². The maximum Gasteiger partial charge on any atom is 0.145 e. The molecule has 1 heterocycles. The third kappa shape index (κ3) is 11.2. The summed E-state index contributed by atoms with van der Waals surface area (Å²) < 4.78 is 11.5. The van der Waals surface area contributed by atoms with Gasteiger partial charge in [0.25, 0.3) is 0 Å². The lowest BCUT2D eigenvalue weighted by Crippen LogP contribution is -2.65. The van der Waals surface area contributed by atoms with Crippen LogP contribution < -0.4 is 10.6 Å². The molecule has 5 rings (SSSR count). The largest absolute Gasteiger partial charge is 0.396 e. The first-order valence-corrected chi connectivity index (χ1v) is 22.9. The maximum absolute atomic E-state index is 12.9. The Morgan fingerprint density at radius 2 is 1.85 bits per heavy atom. The molecule has 2 saturated carbocycles. The Morgan fingerprint density at radius 3 is 2.56 bits per heavy atom. The van der Waals surface area contributed by atoms with E-state index in [1.807, 2.05) is 39.1 Å². The quantitative estimate of drug-likeness (QED) is 0.0289. The molecule has 1 aromatic rings. The molecule has 10 atom stereocenters. The van der Waals surface area contributed by atoms with Crippen molar-refractivity contribution in [2.24, 2.45) is 35.0 Å². The van der Waals surface area contributed by atoms with Crippen molar-refractivity contribution in [3.8, 4) is 0 Å². The van der Waals surface area contributed by atoms with Crippen molar-refractivity contribution >= 4 is 6.29 Å². The van der Waals surface area contributed by atoms with Crippen LogP contribution >= 0.6 is 0 Å². The highest BCUT2D eigenvalue weighted by molar-refractivity contribution is 5.74. The fourth-order valence-electron chi connectivity index (χ4n) is 11.5. The molecular weight excluding hydrogens is 785 g/mol. The number of benzene rings is 1. The Balaban J connectivity index is 1.48. The van der Waals surface area contributed by atoms with Crippen LogP contribution in [0.3, 0.4) is 0 Å². The van der Waals surface area contributed by atoms with Crippen molar-refractivity contribution in [1.29, 1.82) is 0 Å². The zero-order valence-corrected chi connectivity index (χ0v) is 37.7. The molecule has 3 aliphatic carbocycles. The zero-order chi connectivity index (χ0) is 44.9. The molecule has 0 unspecified atom stereocenters. The van der Waals surface area contributed by atoms with E-state index >= 15 is 0 Å². The van der Waals surface area contributed by atoms with Gasteiger partial charge in [-0.2, -0.15) is 0 Å². The van der Waals surface area contributed by atoms with Gasteiger partial charge in [-0.15, -0.1) is 0 Å². The number of carbonyl (C=O) groups is 1. The first kappa shape index (κ1) is 49.9. The maximum atomic E-state index is 12.9. The predicted octanol–water partition coefficient (Wildman–Crippen LogP) is 5.06. The van der Waals surface area contributed by atoms with Crippen LogP contribution in [0, 0.1) is 35.0 Å². The van der Waals surface area contributed by atoms with Crippen molar-refractivity contribution in [2.75, 3.05) is 60.3 Å². The molecule has 62 heavy (non-hydrogen) atoms. The number of aldehydes is 1. The standard InChI is InChI=1S/C51H76N2O9/c1-35(41-14-13-36(2)48(59)53-49(19-8-24-54,22-27-61-5)31-39-11-7-10-38(29-39)30-41)9-6-12-43(34-62-28-26-56)44-17-20-51(47(44)58)46-40(18-25-55)15-16-42(45(46)37(3)33-57)32-50(51,60)21-23-52-4/h6-7,9-13,15-16,29,33,40-42,44,46-48,52-56,58-60H,1,8,14,17-28,30-32,34H2,2-5H3/b9-6+,36-13+,43-12-,45-37?/t40-,41-,42-,44-,46-,47+,48+,49-,50+,51+/m0/s1. The molecule has 0 saturated heterocycles. The highest BCUT2D eigenvalue weighted by Crippen LogP contribution is 2.67. The normalized spacial score (nSPS) is 34.5. The van der Waals surface area contributed by atoms with E-state index in [0.717, 1.165) is 40.6 Å². The number of rotatable bonds is 20. The molecule has 11 heteroatoms. The molecule has 0 amide bonds. The summed E-state index contributed by atoms with van der Waals surface area (Å²) in [5.41, 5.74) is 3.77. The fourth-order valence-corrected chi connectivity index (χ4v) is 11.5. The molecule has 344 valence electrons. The van der Waals surface area contributed by atoms with Gasteiger partial charge in [-0.05, 0) is 144 Å². The molecule has 1 aliphatic heterocycles. The summed E-state index contributed by atoms with van der Waals surface area (Å²) in [5, 5.41) is 73.7. The van der Waals surface area contributed by atoms with E-state index in [9.17, 15) is 35.4 Å². The molecule has 1 aromatic carbocycles. The van der Waals surface area contributed by atoms with E-state index < -0.39 is 28.9 Å². The van der Waals surface area contributed by atoms with Crippen LogP contribution in [0.15, 0.2) is 95.2 Å². The molecule has 4 aliphatic rings. The summed E-state index contributed by atoms with van der Waals surface area (Å²) in [6.45, 7) is 9.57. The highest BCUT2D eigenvalue weighted by atomic mass is 16.5. The van der Waals surface area contributed by atoms with E-state index in [1.54, 1.807) is 7.11 Å². The number of aliphatic hydroxyl groups excluding tert-OH is 5. The van der Waals surface area contributed by atoms with Crippen LogP contribution in [-0.2, 0) is 27.1 Å². The third-order valence-corrected chi connectivity index (χ3v) is 14.7. The van der Waals surface area contributed by atoms with Gasteiger partial charge in [0.1, 0.15) is 12.5 Å². The molecule has 4 bridgehead atoms. The number of fused-ring (bicyclic) bond motifs is 5. The first-order valence-electron chi connectivity index (χ1n) is 22.9. The zero-order valence-electron chi connectivity index (χ0n) is 37.7. The Hall–Kier alpha value is -3.07. The lowest BCUT2D eigenvalue weighted by Gasteiger charge is -2.61. The molecule has 0 radical (unpaired) electrons. The minimum absolute atomic E-state index is 0.0185. The number of hydrogen-bond acceptors (Lipinski definition) is 11. The van der Waals surface area contributed by atoms with Gasteiger partial charge in [0.05, 0.1) is 31.5 Å². The summed E-state index contributed by atoms with van der Waals surface area (Å²) in [4.78, 5) is 12.4. The fraction of sp³-hybridized carbons (Fsp3) is 0.627. The van der Waals surface area contributed by atoms with E-state index in [4.69, 9.17) is 9.47 Å². The number of methoxy groups -OCH3 is 1. The van der Waals surface area contributed by atoms with Gasteiger partial charge in [0.15, 0.2) is 0 Å². The van der Waals surface area contributed by atoms with E-state index in [-0.39, 0.29) is 62.6 Å². The van der Waals surface area contributed by atoms with Crippen molar-refractivity contribution in [1.82, 2.24) is 10.6 Å². The summed E-state index contributed by atoms with van der Waals surface area (Å²) in [5.74, 6) is -1.00. The van der Waals surface area contributed by atoms with E-state index in [1.165, 1.54) is 5.56 Å². The van der Waals surface area contributed by atoms with E-state index in [2.05, 4.69) is 59.7 Å². The molecule has 8 N–H and O–H groups in total. The second kappa shape index (κ2) is 23.2. The molecular formula is C51H76N2O9. The van der Waals surface area contributed by atoms with Crippen molar-refractivity contribution in [3.63, 3.8) is 0 Å². The van der Waals surface area contributed by atoms with Gasteiger partial charge in [0, 0.05) is 49.7 Å². The third-order valence-electron chi connectivity index (χ3n) is 14.7. The van der Waals surface area contributed by atoms with Crippen LogP contribution in [0.25, 0.3) is 0 Å². The van der Waals surface area contributed by atoms with Crippen LogP contribution in [-0.4, -0.2) is 121 Å². The number of allylic oxidation sites excluding steroid dienone is 9. The summed E-state index contributed by atoms with van der Waals surface area (Å²) >= 11 is 0. The van der Waals surface area contributed by atoms with Gasteiger partial charge >= 0.3 is 0 Å². The average Bonchev–Trinajstić information content (AvgIpc) is 3.61. The average molecular weight is 861 g/mol. The van der Waals surface area contributed by atoms with Gasteiger partial charge in [-0.3, -0.25) is 10.1 Å². The number of nitrogens with one attached hydrogen (secondary N) is 2. The lowest BCUT2D eigenvalue weighted by molar-refractivity contribution is -0.194. The minimum atomic E-state index is -1.25. The number of carbonyl (C=O) groups excluding carboxylic acids is 1. The smallest absolute Gasteiger partial charge is 0.145 e. The summed E-state index contributed by atoms with van der Waals surface area (Å²) in [6.07, 6.45) is 17.7. The topological polar surface area (TPSA) is 181 Å². The van der Waals surface area contributed by atoms with Crippen LogP contribution in [0.4, 0.5) is 0 Å². The summed E-state index contributed by atoms with van der Waals surface area (Å²) in [6, 6.07) is 8.58. The molecule has 2 fully saturated rings. The van der Waals surface area contributed by atoms with Gasteiger partial charge < -0.3 is 45.4 Å². The number of aliphatic hydroxyl groups is 6. The minimum Gasteiger partial charge on any atom is -0.396 e. The summed E-state index contributed by atoms with van der Waals surface area (Å²) in [7, 11) is 3.54. The van der Waals surface area contributed by atoms with Gasteiger partial charge in [-0.1, -0.05) is 78.4 Å².